The van der Waals surface area contributed by atoms with E-state index >= 15 is 0 Å². The van der Waals surface area contributed by atoms with Gasteiger partial charge in [-0.3, -0.25) is 9.59 Å². The predicted octanol–water partition coefficient (Wildman–Crippen LogP) is 2.15. The molecule has 0 fully saturated rings. The number of amides is 1. The van der Waals surface area contributed by atoms with E-state index in [4.69, 9.17) is 5.11 Å². The van der Waals surface area contributed by atoms with Crippen LogP contribution in [-0.2, 0) is 9.59 Å². The highest BCUT2D eigenvalue weighted by molar-refractivity contribution is 9.28. The zero-order valence-corrected chi connectivity index (χ0v) is 11.0. The van der Waals surface area contributed by atoms with Crippen LogP contribution in [-0.4, -0.2) is 23.5 Å². The molecule has 0 saturated carbocycles. The summed E-state index contributed by atoms with van der Waals surface area (Å²) in [5.74, 6) is -1.44. The number of hydrogen-bond donors (Lipinski definition) is 2. The van der Waals surface area contributed by atoms with Crippen LogP contribution in [0.25, 0.3) is 0 Å². The van der Waals surface area contributed by atoms with E-state index in [2.05, 4.69) is 37.2 Å². The standard InChI is InChI=1S/C9H11Br2NO3/c10-7(11)4-2-1-3-5-8(13)12-6-9(14)15/h3-5H,1-2,6H2,(H,12,13)(H,14,15)/b5-3+. The Labute approximate surface area is 105 Å². The highest BCUT2D eigenvalue weighted by Gasteiger charge is 1.98. The summed E-state index contributed by atoms with van der Waals surface area (Å²) in [7, 11) is 0. The van der Waals surface area contributed by atoms with E-state index in [1.54, 1.807) is 6.08 Å². The molecule has 0 spiro atoms. The molecule has 4 nitrogen and oxygen atoms in total. The van der Waals surface area contributed by atoms with Crippen molar-refractivity contribution in [1.29, 1.82) is 0 Å². The molecule has 6 heteroatoms. The van der Waals surface area contributed by atoms with Crippen LogP contribution in [0.3, 0.4) is 0 Å². The fraction of sp³-hybridized carbons (Fsp3) is 0.333. The van der Waals surface area contributed by atoms with E-state index in [9.17, 15) is 9.59 Å². The molecular weight excluding hydrogens is 330 g/mol. The largest absolute Gasteiger partial charge is 0.480 e. The van der Waals surface area contributed by atoms with Gasteiger partial charge in [0, 0.05) is 0 Å². The van der Waals surface area contributed by atoms with Gasteiger partial charge in [0.15, 0.2) is 0 Å². The third-order valence-corrected chi connectivity index (χ3v) is 1.96. The number of allylic oxidation sites excluding steroid dienone is 2. The van der Waals surface area contributed by atoms with Crippen molar-refractivity contribution in [2.75, 3.05) is 6.54 Å². The first-order valence-corrected chi connectivity index (χ1v) is 5.78. The van der Waals surface area contributed by atoms with E-state index in [1.165, 1.54) is 6.08 Å². The third-order valence-electron chi connectivity index (χ3n) is 1.32. The van der Waals surface area contributed by atoms with Gasteiger partial charge in [-0.25, -0.2) is 0 Å². The van der Waals surface area contributed by atoms with Gasteiger partial charge < -0.3 is 10.4 Å². The van der Waals surface area contributed by atoms with Gasteiger partial charge in [0.2, 0.25) is 5.91 Å². The average molecular weight is 341 g/mol. The van der Waals surface area contributed by atoms with Crippen LogP contribution in [0.15, 0.2) is 21.6 Å². The minimum Gasteiger partial charge on any atom is -0.480 e. The second kappa shape index (κ2) is 8.67. The van der Waals surface area contributed by atoms with Crippen LogP contribution < -0.4 is 5.32 Å². The highest BCUT2D eigenvalue weighted by atomic mass is 79.9. The summed E-state index contributed by atoms with van der Waals surface area (Å²) in [6.07, 6.45) is 6.46. The Bertz CT molecular complexity index is 283. The number of halogens is 2. The summed E-state index contributed by atoms with van der Waals surface area (Å²) in [6.45, 7) is -0.351. The molecule has 0 aliphatic heterocycles. The van der Waals surface area contributed by atoms with Gasteiger partial charge in [-0.1, -0.05) is 12.2 Å². The highest BCUT2D eigenvalue weighted by Crippen LogP contribution is 2.14. The fourth-order valence-corrected chi connectivity index (χ4v) is 1.16. The molecule has 2 N–H and O–H groups in total. The number of carboxylic acids is 1. The Hall–Kier alpha value is -0.620. The lowest BCUT2D eigenvalue weighted by Crippen LogP contribution is -2.27. The van der Waals surface area contributed by atoms with E-state index in [1.807, 2.05) is 6.08 Å². The van der Waals surface area contributed by atoms with E-state index < -0.39 is 5.97 Å². The lowest BCUT2D eigenvalue weighted by molar-refractivity contribution is -0.137. The van der Waals surface area contributed by atoms with Gasteiger partial charge >= 0.3 is 5.97 Å². The van der Waals surface area contributed by atoms with E-state index in [-0.39, 0.29) is 12.5 Å². The predicted molar refractivity (Wildman–Crippen MR) is 65.0 cm³/mol. The number of hydrogen-bond acceptors (Lipinski definition) is 2. The molecule has 0 aromatic carbocycles. The molecule has 0 saturated heterocycles. The molecule has 0 aliphatic carbocycles. The molecule has 0 unspecified atom stereocenters. The average Bonchev–Trinajstić information content (AvgIpc) is 2.13. The first kappa shape index (κ1) is 14.4. The number of carbonyl (C=O) groups is 2. The lowest BCUT2D eigenvalue weighted by atomic mass is 10.3. The number of carboxylic acid groups (broad SMARTS) is 1. The third kappa shape index (κ3) is 11.3. The number of carbonyl (C=O) groups excluding carboxylic acids is 1. The first-order valence-electron chi connectivity index (χ1n) is 4.19. The summed E-state index contributed by atoms with van der Waals surface area (Å²) in [5, 5.41) is 10.5. The van der Waals surface area contributed by atoms with Crippen LogP contribution in [0.2, 0.25) is 0 Å². The van der Waals surface area contributed by atoms with Gasteiger partial charge in [0.25, 0.3) is 0 Å². The van der Waals surface area contributed by atoms with Gasteiger partial charge in [-0.15, -0.1) is 0 Å². The molecule has 0 aliphatic rings. The first-order chi connectivity index (χ1) is 7.02. The summed E-state index contributed by atoms with van der Waals surface area (Å²) >= 11 is 6.41. The van der Waals surface area contributed by atoms with Gasteiger partial charge in [0.05, 0.1) is 3.39 Å². The molecule has 0 aromatic heterocycles. The molecule has 1 amide bonds. The molecule has 0 rings (SSSR count). The summed E-state index contributed by atoms with van der Waals surface area (Å²) in [5.41, 5.74) is 0. The molecule has 0 atom stereocenters. The smallest absolute Gasteiger partial charge is 0.322 e. The second-order valence-corrected chi connectivity index (χ2v) is 5.36. The molecule has 0 bridgehead atoms. The topological polar surface area (TPSA) is 66.4 Å². The van der Waals surface area contributed by atoms with Crippen molar-refractivity contribution in [3.63, 3.8) is 0 Å². The van der Waals surface area contributed by atoms with Crippen molar-refractivity contribution in [1.82, 2.24) is 5.32 Å². The molecule has 0 aromatic rings. The maximum Gasteiger partial charge on any atom is 0.322 e. The quantitative estimate of drug-likeness (QED) is 0.575. The number of nitrogens with one attached hydrogen (secondary N) is 1. The Morgan fingerprint density at radius 1 is 1.27 bits per heavy atom. The summed E-state index contributed by atoms with van der Waals surface area (Å²) < 4.78 is 0.874. The van der Waals surface area contributed by atoms with Crippen LogP contribution in [0.1, 0.15) is 12.8 Å². The normalized spacial score (nSPS) is 10.0. The summed E-state index contributed by atoms with van der Waals surface area (Å²) in [4.78, 5) is 21.0. The fourth-order valence-electron chi connectivity index (χ4n) is 0.701. The lowest BCUT2D eigenvalue weighted by Gasteiger charge is -1.95. The number of aliphatic carboxylic acids is 1. The maximum atomic E-state index is 10.9. The van der Waals surface area contributed by atoms with Crippen LogP contribution in [0.4, 0.5) is 0 Å². The Kier molecular flexibility index (Phi) is 8.31. The Balaban J connectivity index is 3.63. The molecule has 15 heavy (non-hydrogen) atoms. The minimum absolute atomic E-state index is 0.351. The SMILES string of the molecule is O=C(O)CNC(=O)/C=C/CCC=C(Br)Br. The van der Waals surface area contributed by atoms with Crippen molar-refractivity contribution in [2.24, 2.45) is 0 Å². The van der Waals surface area contributed by atoms with Crippen molar-refractivity contribution in [2.45, 2.75) is 12.8 Å². The van der Waals surface area contributed by atoms with Crippen LogP contribution in [0.5, 0.6) is 0 Å². The maximum absolute atomic E-state index is 10.9. The van der Waals surface area contributed by atoms with E-state index in [0.29, 0.717) is 0 Å². The van der Waals surface area contributed by atoms with Crippen molar-refractivity contribution in [3.05, 3.63) is 21.6 Å². The van der Waals surface area contributed by atoms with Crippen molar-refractivity contribution in [3.8, 4) is 0 Å². The second-order valence-electron chi connectivity index (χ2n) is 2.59. The number of rotatable bonds is 6. The van der Waals surface area contributed by atoms with Crippen molar-refractivity contribution < 1.29 is 14.7 Å². The summed E-state index contributed by atoms with van der Waals surface area (Å²) in [6, 6.07) is 0. The minimum atomic E-state index is -1.05. The van der Waals surface area contributed by atoms with Gasteiger partial charge in [-0.05, 0) is 50.8 Å². The Morgan fingerprint density at radius 3 is 2.47 bits per heavy atom. The zero-order valence-electron chi connectivity index (χ0n) is 7.87. The Morgan fingerprint density at radius 2 is 1.93 bits per heavy atom. The molecule has 84 valence electrons. The van der Waals surface area contributed by atoms with Crippen LogP contribution in [0, 0.1) is 0 Å². The number of unbranched alkanes of at least 4 members (excludes halogenated alkanes) is 1. The van der Waals surface area contributed by atoms with Gasteiger partial charge in [0.1, 0.15) is 6.54 Å². The van der Waals surface area contributed by atoms with Crippen molar-refractivity contribution >= 4 is 43.7 Å². The molecular formula is C9H11Br2NO3. The van der Waals surface area contributed by atoms with Gasteiger partial charge in [-0.2, -0.15) is 0 Å². The zero-order chi connectivity index (χ0) is 11.7. The monoisotopic (exact) mass is 339 g/mol. The van der Waals surface area contributed by atoms with E-state index in [0.717, 1.165) is 16.2 Å². The molecule has 0 radical (unpaired) electrons. The molecule has 0 heterocycles. The van der Waals surface area contributed by atoms with Crippen LogP contribution >= 0.6 is 31.9 Å².